The number of anilines is 2. The largest absolute Gasteiger partial charge is 0.508 e. The first-order chi connectivity index (χ1) is 31.5. The molecule has 0 radical (unpaired) electrons. The predicted molar refractivity (Wildman–Crippen MR) is 239 cm³/mol. The number of nitrogen functional groups attached to an aromatic ring is 1. The number of aliphatic hydroxyl groups excluding tert-OH is 2. The van der Waals surface area contributed by atoms with E-state index in [9.17, 15) is 44.2 Å². The topological polar surface area (TPSA) is 359 Å². The fourth-order valence-electron chi connectivity index (χ4n) is 7.23. The van der Waals surface area contributed by atoms with E-state index in [2.05, 4.69) is 30.7 Å². The van der Waals surface area contributed by atoms with Crippen LogP contribution in [0.4, 0.5) is 11.5 Å². The van der Waals surface area contributed by atoms with Gasteiger partial charge in [0, 0.05) is 40.9 Å². The van der Waals surface area contributed by atoms with Gasteiger partial charge in [-0.2, -0.15) is 0 Å². The summed E-state index contributed by atoms with van der Waals surface area (Å²) >= 11 is 5.46. The molecular weight excluding hydrogens is 906 g/mol. The van der Waals surface area contributed by atoms with E-state index in [-0.39, 0.29) is 56.8 Å². The van der Waals surface area contributed by atoms with Gasteiger partial charge in [-0.25, -0.2) is 24.3 Å². The number of aromatic carboxylic acids is 1. The second kappa shape index (κ2) is 20.3. The number of nitrogens with zero attached hydrogens (tertiary/aromatic N) is 4. The van der Waals surface area contributed by atoms with Crippen LogP contribution in [0.15, 0.2) is 76.5 Å². The number of hydrogen-bond donors (Lipinski definition) is 10. The Hall–Kier alpha value is -6.63. The average Bonchev–Trinajstić information content (AvgIpc) is 3.82. The quantitative estimate of drug-likeness (QED) is 0.0241. The van der Waals surface area contributed by atoms with Crippen LogP contribution in [0.25, 0.3) is 44.6 Å². The molecule has 0 spiro atoms. The monoisotopic (exact) mass is 949 g/mol. The van der Waals surface area contributed by atoms with E-state index in [0.29, 0.717) is 60.0 Å². The van der Waals surface area contributed by atoms with Gasteiger partial charge in [-0.1, -0.05) is 18.9 Å². The van der Waals surface area contributed by atoms with Crippen molar-refractivity contribution in [2.24, 2.45) is 5.73 Å². The molecule has 2 aromatic heterocycles. The summed E-state index contributed by atoms with van der Waals surface area (Å²) in [6, 6.07) is 11.8. The highest BCUT2D eigenvalue weighted by Crippen LogP contribution is 2.46. The number of carboxylic acid groups (broad SMARTS) is 2. The Morgan fingerprint density at radius 1 is 0.955 bits per heavy atom. The van der Waals surface area contributed by atoms with Crippen molar-refractivity contribution in [1.29, 1.82) is 0 Å². The minimum absolute atomic E-state index is 0.0609. The van der Waals surface area contributed by atoms with Gasteiger partial charge >= 0.3 is 19.7 Å². The van der Waals surface area contributed by atoms with Gasteiger partial charge < -0.3 is 56.8 Å². The number of hydrogen-bond acceptors (Lipinski definition) is 18. The maximum atomic E-state index is 13.8. The molecule has 23 nitrogen and oxygen atoms in total. The molecule has 348 valence electrons. The van der Waals surface area contributed by atoms with E-state index in [1.54, 1.807) is 24.3 Å². The van der Waals surface area contributed by atoms with Gasteiger partial charge in [0.05, 0.1) is 37.6 Å². The molecule has 1 aliphatic carbocycles. The molecule has 7 rings (SSSR count). The normalized spacial score (nSPS) is 18.5. The molecule has 1 amide bonds. The van der Waals surface area contributed by atoms with Gasteiger partial charge in [-0.15, -0.1) is 0 Å². The second-order valence-corrected chi connectivity index (χ2v) is 17.3. The highest BCUT2D eigenvalue weighted by molar-refractivity contribution is 7.80. The van der Waals surface area contributed by atoms with Gasteiger partial charge in [0.1, 0.15) is 47.2 Å². The fourth-order valence-corrected chi connectivity index (χ4v) is 8.81. The van der Waals surface area contributed by atoms with Crippen LogP contribution >= 0.6 is 20.0 Å². The summed E-state index contributed by atoms with van der Waals surface area (Å²) in [7, 11) is -4.56. The lowest BCUT2D eigenvalue weighted by atomic mass is 9.90. The Labute approximate surface area is 378 Å². The van der Waals surface area contributed by atoms with Crippen molar-refractivity contribution in [3.8, 4) is 28.2 Å². The number of carboxylic acids is 2. The summed E-state index contributed by atoms with van der Waals surface area (Å²) in [5.74, 6) is -3.50. The number of imidazole rings is 1. The lowest BCUT2D eigenvalue weighted by Crippen LogP contribution is -2.41. The van der Waals surface area contributed by atoms with E-state index in [0.717, 1.165) is 0 Å². The molecule has 1 saturated heterocycles. The van der Waals surface area contributed by atoms with Crippen molar-refractivity contribution in [2.75, 3.05) is 30.8 Å². The molecule has 1 unspecified atom stereocenters. The Morgan fingerprint density at radius 2 is 1.73 bits per heavy atom. The SMILES string of the molecule is Nc1ncnc2c1ncn2[C@@H]1O[C@H](COP(=O)(NC(=O)[C@@H](N)CC(=O)O)OCCCCCCNC(=S)Nc2ccc(-c3c4ccc(=O)cc-4oc4cc(O)ccc34)c(C(=O)O)c2)[C@@H](O)[C@H]1O. The molecule has 6 atom stereocenters. The number of rotatable bonds is 19. The summed E-state index contributed by atoms with van der Waals surface area (Å²) in [5, 5.41) is 59.9. The highest BCUT2D eigenvalue weighted by Gasteiger charge is 2.46. The third-order valence-electron chi connectivity index (χ3n) is 10.5. The highest BCUT2D eigenvalue weighted by atomic mass is 32.1. The summed E-state index contributed by atoms with van der Waals surface area (Å²) in [6.45, 7) is -0.421. The maximum absolute atomic E-state index is 13.8. The third-order valence-corrected chi connectivity index (χ3v) is 12.2. The third kappa shape index (κ3) is 10.7. The number of benzene rings is 3. The number of phenols is 1. The Kier molecular flexibility index (Phi) is 14.5. The van der Waals surface area contributed by atoms with Crippen LogP contribution < -0.4 is 32.6 Å². The van der Waals surface area contributed by atoms with Crippen molar-refractivity contribution < 1.29 is 62.7 Å². The summed E-state index contributed by atoms with van der Waals surface area (Å²) in [4.78, 5) is 60.7. The number of carbonyl (C=O) groups is 3. The fraction of sp³-hybridized carbons (Fsp3) is 0.317. The van der Waals surface area contributed by atoms with Crippen molar-refractivity contribution >= 4 is 76.6 Å². The first-order valence-electron chi connectivity index (χ1n) is 20.3. The number of carbonyl (C=O) groups excluding carboxylic acids is 1. The number of amides is 1. The minimum Gasteiger partial charge on any atom is -0.508 e. The standard InChI is InChI=1S/C41H44N9O14PS/c42-27(16-31(53)54)38(57)49-65(60,62-17-30-34(55)35(56)39(64-30)50-19-47-33-36(43)45-18-46-37(33)50)61-12-4-2-1-3-11-44-41(66)48-20-5-8-23(26(13-20)40(58)59)32-24-9-6-21(51)14-28(24)63-29-15-22(52)7-10-25(29)32/h5-10,13-15,18-19,27,30,34-35,39,51,55-56H,1-4,11-12,16-17,42H2,(H,53,54)(H,58,59)(H2,43,45,46)(H2,44,48,66)(H,49,57,60)/t27-,30+,34+,35+,39+,65?/m0/s1. The van der Waals surface area contributed by atoms with E-state index >= 15 is 0 Å². The number of thiocarbonyl (C=S) groups is 1. The van der Waals surface area contributed by atoms with Crippen molar-refractivity contribution in [3.63, 3.8) is 0 Å². The lowest BCUT2D eigenvalue weighted by molar-refractivity contribution is -0.139. The van der Waals surface area contributed by atoms with Crippen LogP contribution in [0.2, 0.25) is 0 Å². The number of fused-ring (bicyclic) bond motifs is 3. The first kappa shape index (κ1) is 47.3. The number of aromatic nitrogens is 4. The van der Waals surface area contributed by atoms with E-state index in [1.165, 1.54) is 47.6 Å². The molecule has 0 bridgehead atoms. The molecule has 2 aromatic carbocycles. The number of nitrogens with one attached hydrogen (secondary N) is 3. The van der Waals surface area contributed by atoms with Crippen LogP contribution in [0.5, 0.6) is 5.75 Å². The Morgan fingerprint density at radius 3 is 2.50 bits per heavy atom. The molecule has 1 fully saturated rings. The summed E-state index contributed by atoms with van der Waals surface area (Å²) in [5.41, 5.74) is 13.6. The molecule has 2 aliphatic heterocycles. The zero-order valence-corrected chi connectivity index (χ0v) is 36.3. The van der Waals surface area contributed by atoms with Crippen molar-refractivity contribution in [1.82, 2.24) is 29.9 Å². The zero-order chi connectivity index (χ0) is 47.3. The number of unbranched alkanes of at least 4 members (excludes halogenated alkanes) is 3. The van der Waals surface area contributed by atoms with Crippen LogP contribution in [0, 0.1) is 0 Å². The number of aromatic hydroxyl groups is 1. The average molecular weight is 950 g/mol. The number of aliphatic carboxylic acids is 1. The van der Waals surface area contributed by atoms with Crippen molar-refractivity contribution in [3.05, 3.63) is 83.0 Å². The van der Waals surface area contributed by atoms with E-state index in [4.69, 9.17) is 47.0 Å². The molecule has 12 N–H and O–H groups in total. The Balaban J connectivity index is 0.907. The van der Waals surface area contributed by atoms with Gasteiger partial charge in [0.2, 0.25) is 5.91 Å². The maximum Gasteiger partial charge on any atom is 0.435 e. The lowest BCUT2D eigenvalue weighted by Gasteiger charge is -2.23. The molecule has 0 saturated carbocycles. The molecule has 3 aliphatic rings. The second-order valence-electron chi connectivity index (χ2n) is 15.1. The first-order valence-corrected chi connectivity index (χ1v) is 22.2. The molecular formula is C41H44N9O14PS. The zero-order valence-electron chi connectivity index (χ0n) is 34.6. The molecule has 25 heteroatoms. The van der Waals surface area contributed by atoms with Crippen molar-refractivity contribution in [2.45, 2.75) is 62.7 Å². The number of aliphatic hydroxyl groups is 2. The summed E-state index contributed by atoms with van der Waals surface area (Å²) < 4.78 is 37.8. The van der Waals surface area contributed by atoms with Crippen LogP contribution in [-0.2, 0) is 27.9 Å². The Bertz CT molecular complexity index is 2880. The number of nitrogens with two attached hydrogens (primary N) is 2. The predicted octanol–water partition coefficient (Wildman–Crippen LogP) is 2.92. The van der Waals surface area contributed by atoms with Gasteiger partial charge in [-0.05, 0) is 67.0 Å². The van der Waals surface area contributed by atoms with Gasteiger partial charge in [-0.3, -0.25) is 33.1 Å². The van der Waals surface area contributed by atoms with Gasteiger partial charge in [0.15, 0.2) is 28.2 Å². The number of ether oxygens (including phenoxy) is 1. The molecule has 66 heavy (non-hydrogen) atoms. The van der Waals surface area contributed by atoms with Crippen LogP contribution in [0.3, 0.4) is 0 Å². The van der Waals surface area contributed by atoms with Crippen LogP contribution in [-0.4, -0.2) is 112 Å². The van der Waals surface area contributed by atoms with Gasteiger partial charge in [0.25, 0.3) is 0 Å². The summed E-state index contributed by atoms with van der Waals surface area (Å²) in [6.07, 6.45) is -1.81. The van der Waals surface area contributed by atoms with E-state index < -0.39 is 69.2 Å². The van der Waals surface area contributed by atoms with E-state index in [1.807, 2.05) is 0 Å². The number of phenolic OH excluding ortho intramolecular Hbond substituents is 1. The van der Waals surface area contributed by atoms with Crippen LogP contribution in [0.1, 0.15) is 48.7 Å². The minimum atomic E-state index is -4.56. The molecule has 4 aromatic rings. The smallest absolute Gasteiger partial charge is 0.435 e. The molecule has 4 heterocycles.